The monoisotopic (exact) mass is 395 g/mol. The Bertz CT molecular complexity index is 1100. The Morgan fingerprint density at radius 2 is 1.35 bits per heavy atom. The average molecular weight is 395 g/mol. The van der Waals surface area contributed by atoms with Crippen LogP contribution < -0.4 is 5.14 Å². The summed E-state index contributed by atoms with van der Waals surface area (Å²) < 4.78 is 63.4. The van der Waals surface area contributed by atoms with E-state index in [9.17, 15) is 21.6 Å². The van der Waals surface area contributed by atoms with Crippen LogP contribution in [-0.2, 0) is 10.0 Å². The van der Waals surface area contributed by atoms with Crippen LogP contribution >= 0.6 is 12.6 Å². The van der Waals surface area contributed by atoms with Crippen molar-refractivity contribution >= 4 is 22.7 Å². The molecule has 0 atom stereocenters. The lowest BCUT2D eigenvalue weighted by Gasteiger charge is -2.10. The van der Waals surface area contributed by atoms with E-state index in [1.807, 2.05) is 0 Å². The highest BCUT2D eigenvalue weighted by molar-refractivity contribution is 7.89. The summed E-state index contributed by atoms with van der Waals surface area (Å²) in [6.07, 6.45) is 0. The summed E-state index contributed by atoms with van der Waals surface area (Å²) in [7, 11) is -4.15. The van der Waals surface area contributed by atoms with E-state index in [1.54, 1.807) is 18.2 Å². The van der Waals surface area contributed by atoms with Crippen molar-refractivity contribution < 1.29 is 21.6 Å². The lowest BCUT2D eigenvalue weighted by atomic mass is 10.00. The summed E-state index contributed by atoms with van der Waals surface area (Å²) in [4.78, 5) is -0.178. The minimum absolute atomic E-state index is 0.315. The Morgan fingerprint density at radius 3 is 1.88 bits per heavy atom. The maximum absolute atomic E-state index is 14.0. The molecule has 0 spiro atoms. The molecule has 26 heavy (non-hydrogen) atoms. The van der Waals surface area contributed by atoms with Crippen molar-refractivity contribution in [3.05, 3.63) is 72.0 Å². The first-order valence-electron chi connectivity index (χ1n) is 7.27. The van der Waals surface area contributed by atoms with Crippen molar-refractivity contribution in [3.63, 3.8) is 0 Å². The van der Waals surface area contributed by atoms with Crippen molar-refractivity contribution in [2.24, 2.45) is 5.14 Å². The number of hydrogen-bond acceptors (Lipinski definition) is 3. The Balaban J connectivity index is 2.04. The molecule has 2 N–H and O–H groups in total. The SMILES string of the molecule is NS(=O)(=O)c1ccc(-c2ccc(-c3cc(F)cc(F)c3)c(S)c2)cc1F. The van der Waals surface area contributed by atoms with Crippen LogP contribution in [0.15, 0.2) is 64.4 Å². The van der Waals surface area contributed by atoms with E-state index in [1.165, 1.54) is 18.2 Å². The first-order chi connectivity index (χ1) is 12.1. The van der Waals surface area contributed by atoms with Gasteiger partial charge in [-0.15, -0.1) is 12.6 Å². The molecule has 0 saturated heterocycles. The Kier molecular flexibility index (Phi) is 4.83. The molecule has 3 rings (SSSR count). The van der Waals surface area contributed by atoms with Gasteiger partial charge in [-0.2, -0.15) is 0 Å². The highest BCUT2D eigenvalue weighted by Crippen LogP contribution is 2.32. The van der Waals surface area contributed by atoms with Crippen LogP contribution in [0, 0.1) is 17.5 Å². The molecule has 3 aromatic rings. The molecular weight excluding hydrogens is 383 g/mol. The van der Waals surface area contributed by atoms with Gasteiger partial charge in [-0.05, 0) is 52.6 Å². The smallest absolute Gasteiger partial charge is 0.225 e. The number of benzene rings is 3. The third kappa shape index (κ3) is 3.77. The largest absolute Gasteiger partial charge is 0.240 e. The van der Waals surface area contributed by atoms with Crippen molar-refractivity contribution in [1.29, 1.82) is 0 Å². The fourth-order valence-electron chi connectivity index (χ4n) is 2.58. The molecule has 0 bridgehead atoms. The second-order valence-electron chi connectivity index (χ2n) is 5.58. The van der Waals surface area contributed by atoms with Crippen molar-refractivity contribution in [3.8, 4) is 22.3 Å². The molecule has 134 valence electrons. The Morgan fingerprint density at radius 1 is 0.769 bits per heavy atom. The second kappa shape index (κ2) is 6.79. The molecular formula is C18H12F3NO2S2. The molecule has 0 fully saturated rings. The van der Waals surface area contributed by atoms with Gasteiger partial charge >= 0.3 is 0 Å². The Hall–Kier alpha value is -2.29. The molecule has 0 amide bonds. The number of hydrogen-bond donors (Lipinski definition) is 2. The van der Waals surface area contributed by atoms with Crippen LogP contribution in [0.5, 0.6) is 0 Å². The first-order valence-corrected chi connectivity index (χ1v) is 9.27. The van der Waals surface area contributed by atoms with E-state index in [4.69, 9.17) is 5.14 Å². The molecule has 8 heteroatoms. The van der Waals surface area contributed by atoms with Crippen LogP contribution in [0.4, 0.5) is 13.2 Å². The van der Waals surface area contributed by atoms with E-state index in [2.05, 4.69) is 12.6 Å². The topological polar surface area (TPSA) is 60.2 Å². The van der Waals surface area contributed by atoms with Crippen LogP contribution in [0.25, 0.3) is 22.3 Å². The first kappa shape index (κ1) is 18.5. The second-order valence-corrected chi connectivity index (χ2v) is 7.59. The molecule has 0 heterocycles. The van der Waals surface area contributed by atoms with Crippen LogP contribution in [0.2, 0.25) is 0 Å². The van der Waals surface area contributed by atoms with Crippen molar-refractivity contribution in [2.75, 3.05) is 0 Å². The zero-order chi connectivity index (χ0) is 19.1. The van der Waals surface area contributed by atoms with Gasteiger partial charge in [0, 0.05) is 11.0 Å². The van der Waals surface area contributed by atoms with Gasteiger partial charge < -0.3 is 0 Å². The number of primary sulfonamides is 1. The lowest BCUT2D eigenvalue weighted by molar-refractivity contribution is 0.568. The summed E-state index contributed by atoms with van der Waals surface area (Å²) >= 11 is 4.34. The predicted molar refractivity (Wildman–Crippen MR) is 95.8 cm³/mol. The number of thiol groups is 1. The average Bonchev–Trinajstić information content (AvgIpc) is 2.52. The van der Waals surface area contributed by atoms with Gasteiger partial charge in [0.2, 0.25) is 10.0 Å². The van der Waals surface area contributed by atoms with E-state index in [-0.39, 0.29) is 0 Å². The fourth-order valence-corrected chi connectivity index (χ4v) is 3.51. The van der Waals surface area contributed by atoms with Gasteiger partial charge in [0.05, 0.1) is 0 Å². The van der Waals surface area contributed by atoms with Gasteiger partial charge in [0.15, 0.2) is 0 Å². The highest BCUT2D eigenvalue weighted by atomic mass is 32.2. The van der Waals surface area contributed by atoms with Gasteiger partial charge in [-0.25, -0.2) is 26.7 Å². The number of sulfonamides is 1. The zero-order valence-corrected chi connectivity index (χ0v) is 14.8. The standard InChI is InChI=1S/C18H12F3NO2S2/c19-13-5-12(6-14(20)9-13)15-3-1-11(8-17(15)25)10-2-4-18(16(21)7-10)26(22,23)24/h1-9,25H,(H2,22,23,24). The number of nitrogens with two attached hydrogens (primary N) is 1. The predicted octanol–water partition coefficient (Wildman–Crippen LogP) is 4.37. The summed E-state index contributed by atoms with van der Waals surface area (Å²) in [6, 6.07) is 11.5. The maximum atomic E-state index is 14.0. The molecule has 3 nitrogen and oxygen atoms in total. The zero-order valence-electron chi connectivity index (χ0n) is 13.1. The third-order valence-electron chi connectivity index (χ3n) is 3.74. The summed E-state index contributed by atoms with van der Waals surface area (Å²) in [5, 5.41) is 4.94. The molecule has 0 saturated carbocycles. The lowest BCUT2D eigenvalue weighted by Crippen LogP contribution is -2.13. The summed E-state index contributed by atoms with van der Waals surface area (Å²) in [5.41, 5.74) is 1.77. The van der Waals surface area contributed by atoms with Gasteiger partial charge in [-0.1, -0.05) is 18.2 Å². The van der Waals surface area contributed by atoms with E-state index in [0.29, 0.717) is 27.1 Å². The third-order valence-corrected chi connectivity index (χ3v) is 5.06. The van der Waals surface area contributed by atoms with Crippen LogP contribution in [-0.4, -0.2) is 8.42 Å². The number of halogens is 3. The van der Waals surface area contributed by atoms with E-state index < -0.39 is 32.4 Å². The molecule has 0 radical (unpaired) electrons. The molecule has 0 unspecified atom stereocenters. The van der Waals surface area contributed by atoms with E-state index in [0.717, 1.165) is 18.2 Å². The quantitative estimate of drug-likeness (QED) is 0.647. The minimum atomic E-state index is -4.15. The minimum Gasteiger partial charge on any atom is -0.225 e. The molecule has 0 aliphatic carbocycles. The molecule has 0 aromatic heterocycles. The maximum Gasteiger partial charge on any atom is 0.240 e. The fraction of sp³-hybridized carbons (Fsp3) is 0. The van der Waals surface area contributed by atoms with Crippen molar-refractivity contribution in [2.45, 2.75) is 9.79 Å². The summed E-state index contributed by atoms with van der Waals surface area (Å²) in [5.74, 6) is -2.39. The normalized spacial score (nSPS) is 11.6. The Labute approximate surface area is 153 Å². The van der Waals surface area contributed by atoms with E-state index >= 15 is 0 Å². The summed E-state index contributed by atoms with van der Waals surface area (Å²) in [6.45, 7) is 0. The molecule has 0 aliphatic heterocycles. The molecule has 3 aromatic carbocycles. The highest BCUT2D eigenvalue weighted by Gasteiger charge is 2.15. The van der Waals surface area contributed by atoms with Gasteiger partial charge in [0.25, 0.3) is 0 Å². The van der Waals surface area contributed by atoms with Crippen LogP contribution in [0.1, 0.15) is 0 Å². The van der Waals surface area contributed by atoms with Crippen molar-refractivity contribution in [1.82, 2.24) is 0 Å². The van der Waals surface area contributed by atoms with Gasteiger partial charge in [0.1, 0.15) is 22.3 Å². The van der Waals surface area contributed by atoms with Gasteiger partial charge in [-0.3, -0.25) is 0 Å². The number of rotatable bonds is 3. The molecule has 0 aliphatic rings. The van der Waals surface area contributed by atoms with Crippen LogP contribution in [0.3, 0.4) is 0 Å².